The molecule has 3 aromatic rings. The number of fused-ring (bicyclic) bond motifs is 1. The monoisotopic (exact) mass is 431 g/mol. The van der Waals surface area contributed by atoms with Crippen molar-refractivity contribution < 1.29 is 17.9 Å². The lowest BCUT2D eigenvalue weighted by atomic mass is 10.2. The molecule has 1 N–H and O–H groups in total. The van der Waals surface area contributed by atoms with E-state index < -0.39 is 25.5 Å². The Hall–Kier alpha value is -2.17. The molecule has 0 saturated carbocycles. The van der Waals surface area contributed by atoms with Crippen LogP contribution in [0.1, 0.15) is 0 Å². The van der Waals surface area contributed by atoms with Gasteiger partial charge in [-0.15, -0.1) is 0 Å². The van der Waals surface area contributed by atoms with Crippen molar-refractivity contribution >= 4 is 60.0 Å². The zero-order chi connectivity index (χ0) is 17.5. The summed E-state index contributed by atoms with van der Waals surface area (Å²) < 4.78 is 33.0. The number of nitro groups is 1. The van der Waals surface area contributed by atoms with Crippen molar-refractivity contribution in [1.29, 1.82) is 0 Å². The summed E-state index contributed by atoms with van der Waals surface area (Å²) in [6.45, 7) is 0. The third-order valence-electron chi connectivity index (χ3n) is 3.07. The highest BCUT2D eigenvalue weighted by atomic mass is 79.9. The number of benzene rings is 2. The van der Waals surface area contributed by atoms with Gasteiger partial charge in [0.2, 0.25) is 0 Å². The fourth-order valence-corrected chi connectivity index (χ4v) is 3.70. The molecule has 0 radical (unpaired) electrons. The molecule has 0 saturated heterocycles. The number of hydrogen-bond acceptors (Lipinski definition) is 6. The first-order valence-corrected chi connectivity index (χ1v) is 8.95. The molecule has 1 heterocycles. The molecule has 2 aromatic carbocycles. The maximum Gasteiger partial charge on any atom is 0.291 e. The van der Waals surface area contributed by atoms with Gasteiger partial charge in [-0.05, 0) is 30.3 Å². The van der Waals surface area contributed by atoms with Crippen molar-refractivity contribution in [1.82, 2.24) is 5.16 Å². The average molecular weight is 433 g/mol. The Balaban J connectivity index is 2.07. The molecule has 124 valence electrons. The maximum absolute atomic E-state index is 12.5. The second kappa shape index (κ2) is 6.04. The van der Waals surface area contributed by atoms with Crippen molar-refractivity contribution in [2.24, 2.45) is 0 Å². The standard InChI is InChI=1S/C13H7BrClN3O5S/c14-7-1-3-9-11(5-7)23-16-13(9)17-24(21,22)12-4-2-8(15)6-10(12)18(19)20/h1-6H,(H,16,17). The number of nitro benzene ring substituents is 1. The van der Waals surface area contributed by atoms with Gasteiger partial charge < -0.3 is 4.52 Å². The smallest absolute Gasteiger partial charge is 0.291 e. The van der Waals surface area contributed by atoms with Crippen molar-refractivity contribution in [2.45, 2.75) is 4.90 Å². The zero-order valence-corrected chi connectivity index (χ0v) is 14.7. The van der Waals surface area contributed by atoms with Crippen LogP contribution in [0.3, 0.4) is 0 Å². The summed E-state index contributed by atoms with van der Waals surface area (Å²) in [5, 5.41) is 15.2. The van der Waals surface area contributed by atoms with E-state index >= 15 is 0 Å². The summed E-state index contributed by atoms with van der Waals surface area (Å²) in [4.78, 5) is 9.74. The molecule has 1 aromatic heterocycles. The van der Waals surface area contributed by atoms with Gasteiger partial charge in [-0.2, -0.15) is 0 Å². The molecule has 11 heteroatoms. The van der Waals surface area contributed by atoms with E-state index in [4.69, 9.17) is 16.1 Å². The molecule has 0 spiro atoms. The third-order valence-corrected chi connectivity index (χ3v) is 5.19. The Labute approximate surface area is 148 Å². The maximum atomic E-state index is 12.5. The second-order valence-electron chi connectivity index (χ2n) is 4.65. The molecule has 0 atom stereocenters. The van der Waals surface area contributed by atoms with Gasteiger partial charge >= 0.3 is 0 Å². The van der Waals surface area contributed by atoms with Crippen molar-refractivity contribution in [3.05, 3.63) is 56.0 Å². The van der Waals surface area contributed by atoms with Crippen molar-refractivity contribution in [3.8, 4) is 0 Å². The number of aromatic nitrogens is 1. The number of halogens is 2. The fraction of sp³-hybridized carbons (Fsp3) is 0. The summed E-state index contributed by atoms with van der Waals surface area (Å²) in [7, 11) is -4.26. The summed E-state index contributed by atoms with van der Waals surface area (Å²) >= 11 is 8.95. The topological polar surface area (TPSA) is 115 Å². The molecule has 0 aliphatic heterocycles. The van der Waals surface area contributed by atoms with Crippen LogP contribution in [0.4, 0.5) is 11.5 Å². The van der Waals surface area contributed by atoms with Crippen LogP contribution in [-0.4, -0.2) is 18.5 Å². The SMILES string of the molecule is O=[N+]([O-])c1cc(Cl)ccc1S(=O)(=O)Nc1noc2cc(Br)ccc12. The highest BCUT2D eigenvalue weighted by Crippen LogP contribution is 2.31. The number of nitrogens with zero attached hydrogens (tertiary/aromatic N) is 2. The molecule has 3 rings (SSSR count). The van der Waals surface area contributed by atoms with E-state index in [0.29, 0.717) is 11.0 Å². The van der Waals surface area contributed by atoms with E-state index in [1.165, 1.54) is 6.07 Å². The van der Waals surface area contributed by atoms with E-state index in [1.807, 2.05) is 0 Å². The fourth-order valence-electron chi connectivity index (χ4n) is 2.03. The molecule has 0 unspecified atom stereocenters. The Bertz CT molecular complexity index is 1070. The average Bonchev–Trinajstić information content (AvgIpc) is 2.88. The van der Waals surface area contributed by atoms with Crippen LogP contribution < -0.4 is 4.72 Å². The van der Waals surface area contributed by atoms with Gasteiger partial charge in [-0.3, -0.25) is 14.8 Å². The highest BCUT2D eigenvalue weighted by Gasteiger charge is 2.27. The van der Waals surface area contributed by atoms with Gasteiger partial charge in [0.05, 0.1) is 10.3 Å². The van der Waals surface area contributed by atoms with Crippen molar-refractivity contribution in [3.63, 3.8) is 0 Å². The first kappa shape index (κ1) is 16.7. The van der Waals surface area contributed by atoms with Crippen LogP contribution in [0.2, 0.25) is 5.02 Å². The second-order valence-corrected chi connectivity index (χ2v) is 7.65. The molecule has 0 amide bonds. The molecular weight excluding hydrogens is 426 g/mol. The summed E-state index contributed by atoms with van der Waals surface area (Å²) in [6.07, 6.45) is 0. The predicted molar refractivity (Wildman–Crippen MR) is 90.6 cm³/mol. The normalized spacial score (nSPS) is 11.6. The molecule has 24 heavy (non-hydrogen) atoms. The lowest BCUT2D eigenvalue weighted by Crippen LogP contribution is -2.15. The quantitative estimate of drug-likeness (QED) is 0.493. The van der Waals surface area contributed by atoms with Crippen LogP contribution in [-0.2, 0) is 10.0 Å². The van der Waals surface area contributed by atoms with Crippen molar-refractivity contribution in [2.75, 3.05) is 4.72 Å². The van der Waals surface area contributed by atoms with E-state index in [0.717, 1.165) is 16.6 Å². The summed E-state index contributed by atoms with van der Waals surface area (Å²) in [5.41, 5.74) is -0.279. The van der Waals surface area contributed by atoms with Crippen LogP contribution in [0.15, 0.2) is 50.3 Å². The minimum Gasteiger partial charge on any atom is -0.354 e. The lowest BCUT2D eigenvalue weighted by molar-refractivity contribution is -0.387. The van der Waals surface area contributed by atoms with Crippen LogP contribution in [0, 0.1) is 10.1 Å². The van der Waals surface area contributed by atoms with Crippen LogP contribution in [0.25, 0.3) is 11.0 Å². The molecule has 0 fully saturated rings. The number of rotatable bonds is 4. The minimum absolute atomic E-state index is 0.0531. The van der Waals surface area contributed by atoms with E-state index in [1.54, 1.807) is 18.2 Å². The van der Waals surface area contributed by atoms with E-state index in [-0.39, 0.29) is 10.8 Å². The molecule has 0 aliphatic carbocycles. The Morgan fingerprint density at radius 2 is 2.00 bits per heavy atom. The van der Waals surface area contributed by atoms with Gasteiger partial charge in [-0.25, -0.2) is 8.42 Å². The van der Waals surface area contributed by atoms with Gasteiger partial charge in [0.15, 0.2) is 16.3 Å². The highest BCUT2D eigenvalue weighted by molar-refractivity contribution is 9.10. The zero-order valence-electron chi connectivity index (χ0n) is 11.6. The molecule has 8 nitrogen and oxygen atoms in total. The molecule has 0 bridgehead atoms. The Morgan fingerprint density at radius 1 is 1.25 bits per heavy atom. The first-order chi connectivity index (χ1) is 11.3. The van der Waals surface area contributed by atoms with Crippen LogP contribution >= 0.6 is 27.5 Å². The van der Waals surface area contributed by atoms with Gasteiger partial charge in [0, 0.05) is 15.6 Å². The number of hydrogen-bond donors (Lipinski definition) is 1. The third kappa shape index (κ3) is 3.07. The van der Waals surface area contributed by atoms with Gasteiger partial charge in [-0.1, -0.05) is 32.7 Å². The first-order valence-electron chi connectivity index (χ1n) is 6.29. The summed E-state index contributed by atoms with van der Waals surface area (Å²) in [5.74, 6) is -0.0678. The number of nitrogens with one attached hydrogen (secondary N) is 1. The van der Waals surface area contributed by atoms with E-state index in [9.17, 15) is 18.5 Å². The lowest BCUT2D eigenvalue weighted by Gasteiger charge is -2.06. The Kier molecular flexibility index (Phi) is 4.20. The van der Waals surface area contributed by atoms with Crippen LogP contribution in [0.5, 0.6) is 0 Å². The minimum atomic E-state index is -4.26. The van der Waals surface area contributed by atoms with Gasteiger partial charge in [0.25, 0.3) is 15.7 Å². The number of anilines is 1. The number of sulfonamides is 1. The predicted octanol–water partition coefficient (Wildman–Crippen LogP) is 3.95. The molecular formula is C13H7BrClN3O5S. The van der Waals surface area contributed by atoms with E-state index in [2.05, 4.69) is 25.8 Å². The largest absolute Gasteiger partial charge is 0.354 e. The van der Waals surface area contributed by atoms with Gasteiger partial charge in [0.1, 0.15) is 0 Å². The Morgan fingerprint density at radius 3 is 2.71 bits per heavy atom. The molecule has 0 aliphatic rings. The summed E-state index contributed by atoms with van der Waals surface area (Å²) in [6, 6.07) is 8.17.